The number of hydrogen-bond acceptors (Lipinski definition) is 3. The van der Waals surface area contributed by atoms with Gasteiger partial charge in [-0.1, -0.05) is 4.99 Å². The molecule has 1 rings (SSSR count). The number of rotatable bonds is 0. The van der Waals surface area contributed by atoms with Crippen molar-refractivity contribution in [3.63, 3.8) is 0 Å². The van der Waals surface area contributed by atoms with Crippen molar-refractivity contribution in [1.29, 1.82) is 0 Å². The standard InChI is InChI=1S/C2H2FNO2/c3-2-1-5-6-4-2/h1,4H. The molecule has 4 heteroatoms. The molecule has 0 unspecified atom stereocenters. The summed E-state index contributed by atoms with van der Waals surface area (Å²) in [5.41, 5.74) is 1.79. The number of nitrogens with one attached hydrogen (secondary N) is 1. The summed E-state index contributed by atoms with van der Waals surface area (Å²) < 4.78 is 11.4. The highest BCUT2D eigenvalue weighted by Crippen LogP contribution is 1.97. The van der Waals surface area contributed by atoms with Crippen molar-refractivity contribution in [1.82, 2.24) is 5.48 Å². The molecular weight excluding hydrogens is 89.0 g/mol. The summed E-state index contributed by atoms with van der Waals surface area (Å²) in [6.07, 6.45) is 0.819. The lowest BCUT2D eigenvalue weighted by Gasteiger charge is -1.82. The number of halogens is 1. The van der Waals surface area contributed by atoms with Gasteiger partial charge in [0, 0.05) is 0 Å². The van der Waals surface area contributed by atoms with Crippen molar-refractivity contribution in [2.24, 2.45) is 0 Å². The van der Waals surface area contributed by atoms with Gasteiger partial charge in [0.25, 0.3) is 5.95 Å². The summed E-state index contributed by atoms with van der Waals surface area (Å²) in [7, 11) is 0. The van der Waals surface area contributed by atoms with Crippen LogP contribution in [0.2, 0.25) is 0 Å². The van der Waals surface area contributed by atoms with E-state index in [1.165, 1.54) is 0 Å². The molecule has 0 amide bonds. The van der Waals surface area contributed by atoms with Crippen LogP contribution in [0, 0.1) is 0 Å². The fraction of sp³-hybridized carbons (Fsp3) is 0. The normalized spacial score (nSPS) is 18.5. The highest BCUT2D eigenvalue weighted by atomic mass is 19.1. The zero-order valence-electron chi connectivity index (χ0n) is 2.77. The fourth-order valence-corrected chi connectivity index (χ4v) is 0.154. The molecule has 0 aromatic rings. The molecular formula is C2H2FNO2. The SMILES string of the molecule is FC1=COON1. The van der Waals surface area contributed by atoms with E-state index < -0.39 is 5.95 Å². The molecule has 0 aliphatic carbocycles. The van der Waals surface area contributed by atoms with Gasteiger partial charge in [0.15, 0.2) is 6.26 Å². The third-order valence-electron chi connectivity index (χ3n) is 0.339. The molecule has 0 saturated carbocycles. The highest BCUT2D eigenvalue weighted by molar-refractivity contribution is 4.78. The monoisotopic (exact) mass is 91.0 g/mol. The molecule has 0 aromatic carbocycles. The van der Waals surface area contributed by atoms with Gasteiger partial charge in [0.2, 0.25) is 0 Å². The zero-order valence-corrected chi connectivity index (χ0v) is 2.77. The largest absolute Gasteiger partial charge is 0.317 e. The summed E-state index contributed by atoms with van der Waals surface area (Å²) >= 11 is 0. The quantitative estimate of drug-likeness (QED) is 0.341. The molecule has 0 fully saturated rings. The lowest BCUT2D eigenvalue weighted by Crippen LogP contribution is -2.00. The maximum absolute atomic E-state index is 11.4. The Morgan fingerprint density at radius 3 is 2.83 bits per heavy atom. The van der Waals surface area contributed by atoms with Crippen LogP contribution in [0.15, 0.2) is 12.2 Å². The van der Waals surface area contributed by atoms with Crippen LogP contribution in [-0.4, -0.2) is 0 Å². The van der Waals surface area contributed by atoms with Crippen molar-refractivity contribution in [2.45, 2.75) is 0 Å². The molecule has 1 heterocycles. The Morgan fingerprint density at radius 1 is 1.83 bits per heavy atom. The van der Waals surface area contributed by atoms with Gasteiger partial charge in [-0.05, 0) is 0 Å². The maximum Gasteiger partial charge on any atom is 0.252 e. The lowest BCUT2D eigenvalue weighted by atomic mass is 11.0. The molecule has 3 nitrogen and oxygen atoms in total. The van der Waals surface area contributed by atoms with Crippen molar-refractivity contribution >= 4 is 0 Å². The molecule has 1 N–H and O–H groups in total. The van der Waals surface area contributed by atoms with Crippen molar-refractivity contribution in [2.75, 3.05) is 0 Å². The average molecular weight is 91.0 g/mol. The van der Waals surface area contributed by atoms with E-state index in [1.807, 2.05) is 0 Å². The van der Waals surface area contributed by atoms with E-state index in [0.717, 1.165) is 6.26 Å². The molecule has 0 radical (unpaired) electrons. The topological polar surface area (TPSA) is 30.5 Å². The second kappa shape index (κ2) is 1.14. The average Bonchev–Trinajstić information content (AvgIpc) is 1.86. The molecule has 6 heavy (non-hydrogen) atoms. The van der Waals surface area contributed by atoms with E-state index >= 15 is 0 Å². The van der Waals surface area contributed by atoms with Crippen molar-refractivity contribution in [3.05, 3.63) is 12.2 Å². The first-order chi connectivity index (χ1) is 2.89. The minimum atomic E-state index is -0.616. The van der Waals surface area contributed by atoms with Crippen LogP contribution in [0.3, 0.4) is 0 Å². The van der Waals surface area contributed by atoms with Gasteiger partial charge in [-0.25, -0.2) is 0 Å². The summed E-state index contributed by atoms with van der Waals surface area (Å²) in [5, 5.41) is 0. The van der Waals surface area contributed by atoms with Gasteiger partial charge in [0.05, 0.1) is 0 Å². The smallest absolute Gasteiger partial charge is 0.252 e. The first-order valence-corrected chi connectivity index (χ1v) is 1.33. The van der Waals surface area contributed by atoms with E-state index in [1.54, 1.807) is 5.48 Å². The van der Waals surface area contributed by atoms with Crippen LogP contribution in [0.25, 0.3) is 0 Å². The van der Waals surface area contributed by atoms with Gasteiger partial charge in [-0.3, -0.25) is 0 Å². The Hall–Kier alpha value is -0.770. The summed E-state index contributed by atoms with van der Waals surface area (Å²) in [6.45, 7) is 0. The summed E-state index contributed by atoms with van der Waals surface area (Å²) in [4.78, 5) is 7.75. The van der Waals surface area contributed by atoms with Crippen LogP contribution in [0.5, 0.6) is 0 Å². The maximum atomic E-state index is 11.4. The van der Waals surface area contributed by atoms with Gasteiger partial charge in [0.1, 0.15) is 0 Å². The molecule has 1 aliphatic rings. The summed E-state index contributed by atoms with van der Waals surface area (Å²) in [5.74, 6) is -0.616. The zero-order chi connectivity index (χ0) is 4.41. The second-order valence-electron chi connectivity index (χ2n) is 0.747. The first kappa shape index (κ1) is 3.42. The minimum absolute atomic E-state index is 0.616. The van der Waals surface area contributed by atoms with Crippen LogP contribution in [0.4, 0.5) is 4.39 Å². The predicted octanol–water partition coefficient (Wildman–Crippen LogP) is 0.221. The first-order valence-electron chi connectivity index (χ1n) is 1.33. The van der Waals surface area contributed by atoms with Gasteiger partial charge < -0.3 is 4.89 Å². The Balaban J connectivity index is 2.45. The molecule has 34 valence electrons. The molecule has 0 aromatic heterocycles. The van der Waals surface area contributed by atoms with E-state index in [2.05, 4.69) is 9.88 Å². The fourth-order valence-electron chi connectivity index (χ4n) is 0.154. The van der Waals surface area contributed by atoms with E-state index in [9.17, 15) is 4.39 Å². The molecule has 0 atom stereocenters. The predicted molar refractivity (Wildman–Crippen MR) is 14.5 cm³/mol. The Bertz CT molecular complexity index is 81.6. The van der Waals surface area contributed by atoms with Crippen LogP contribution in [-0.2, 0) is 9.88 Å². The third kappa shape index (κ3) is 0.414. The molecule has 0 spiro atoms. The minimum Gasteiger partial charge on any atom is -0.317 e. The Morgan fingerprint density at radius 2 is 2.67 bits per heavy atom. The van der Waals surface area contributed by atoms with Crippen LogP contribution in [0.1, 0.15) is 0 Å². The summed E-state index contributed by atoms with van der Waals surface area (Å²) in [6, 6.07) is 0. The lowest BCUT2D eigenvalue weighted by molar-refractivity contribution is -0.267. The number of hydrogen-bond donors (Lipinski definition) is 1. The molecule has 0 saturated heterocycles. The Labute approximate surface area is 33.2 Å². The second-order valence-corrected chi connectivity index (χ2v) is 0.747. The highest BCUT2D eigenvalue weighted by Gasteiger charge is 1.99. The van der Waals surface area contributed by atoms with E-state index in [4.69, 9.17) is 0 Å². The number of hydroxylamine groups is 1. The van der Waals surface area contributed by atoms with Gasteiger partial charge in [-0.2, -0.15) is 9.87 Å². The van der Waals surface area contributed by atoms with Crippen LogP contribution < -0.4 is 5.48 Å². The third-order valence-corrected chi connectivity index (χ3v) is 0.339. The van der Waals surface area contributed by atoms with Crippen molar-refractivity contribution in [3.8, 4) is 0 Å². The Kier molecular flexibility index (Phi) is 0.648. The van der Waals surface area contributed by atoms with Gasteiger partial charge in [-0.15, -0.1) is 0 Å². The van der Waals surface area contributed by atoms with Gasteiger partial charge >= 0.3 is 0 Å². The van der Waals surface area contributed by atoms with Crippen molar-refractivity contribution < 1.29 is 14.3 Å². The van der Waals surface area contributed by atoms with E-state index in [0.29, 0.717) is 0 Å². The molecule has 1 aliphatic heterocycles. The van der Waals surface area contributed by atoms with Crippen LogP contribution >= 0.6 is 0 Å². The van der Waals surface area contributed by atoms with E-state index in [-0.39, 0.29) is 0 Å². The molecule has 0 bridgehead atoms.